The van der Waals surface area contributed by atoms with Gasteiger partial charge in [0.1, 0.15) is 0 Å². The van der Waals surface area contributed by atoms with Crippen molar-refractivity contribution in [3.8, 4) is 0 Å². The van der Waals surface area contributed by atoms with E-state index < -0.39 is 0 Å². The first-order chi connectivity index (χ1) is 6.61. The number of nitrogens with zero attached hydrogens (tertiary/aromatic N) is 1. The Balaban J connectivity index is 3.62. The molecule has 0 aliphatic rings. The minimum Gasteiger partial charge on any atom is -0.380 e. The van der Waals surface area contributed by atoms with Crippen molar-refractivity contribution < 1.29 is 4.74 Å². The number of ether oxygens (including phenoxy) is 1. The molecular formula is C11H26N2O. The fourth-order valence-corrected chi connectivity index (χ4v) is 1.43. The average molecular weight is 202 g/mol. The number of likely N-dealkylation sites (N-methyl/N-ethyl adjacent to an activating group) is 2. The van der Waals surface area contributed by atoms with E-state index in [9.17, 15) is 0 Å². The summed E-state index contributed by atoms with van der Waals surface area (Å²) in [5, 5.41) is 3.34. The second-order valence-corrected chi connectivity index (χ2v) is 4.10. The number of rotatable bonds is 8. The van der Waals surface area contributed by atoms with Gasteiger partial charge in [-0.2, -0.15) is 0 Å². The van der Waals surface area contributed by atoms with Crippen molar-refractivity contribution >= 4 is 0 Å². The Hall–Kier alpha value is -0.120. The van der Waals surface area contributed by atoms with E-state index in [0.29, 0.717) is 12.0 Å². The van der Waals surface area contributed by atoms with Gasteiger partial charge >= 0.3 is 0 Å². The zero-order valence-electron chi connectivity index (χ0n) is 10.3. The molecule has 0 aromatic rings. The van der Waals surface area contributed by atoms with Crippen molar-refractivity contribution in [1.82, 2.24) is 10.2 Å². The van der Waals surface area contributed by atoms with Crippen LogP contribution in [0.1, 0.15) is 20.8 Å². The van der Waals surface area contributed by atoms with E-state index in [0.717, 1.165) is 26.3 Å². The van der Waals surface area contributed by atoms with Crippen LogP contribution in [0.4, 0.5) is 0 Å². The van der Waals surface area contributed by atoms with Crippen LogP contribution in [0.3, 0.4) is 0 Å². The predicted octanol–water partition coefficient (Wildman–Crippen LogP) is 1.20. The summed E-state index contributed by atoms with van der Waals surface area (Å²) in [6.45, 7) is 10.3. The third-order valence-electron chi connectivity index (χ3n) is 2.51. The molecule has 0 spiro atoms. The lowest BCUT2D eigenvalue weighted by Gasteiger charge is -2.26. The van der Waals surface area contributed by atoms with Gasteiger partial charge < -0.3 is 15.0 Å². The Bertz CT molecular complexity index is 128. The molecule has 0 amide bonds. The molecular weight excluding hydrogens is 176 g/mol. The lowest BCUT2D eigenvalue weighted by Crippen LogP contribution is -2.42. The van der Waals surface area contributed by atoms with E-state index in [2.05, 4.69) is 31.1 Å². The van der Waals surface area contributed by atoms with Crippen molar-refractivity contribution in [2.24, 2.45) is 5.92 Å². The van der Waals surface area contributed by atoms with Crippen LogP contribution in [0.5, 0.6) is 0 Å². The summed E-state index contributed by atoms with van der Waals surface area (Å²) in [6.07, 6.45) is 0. The fourth-order valence-electron chi connectivity index (χ4n) is 1.43. The Morgan fingerprint density at radius 1 is 1.36 bits per heavy atom. The summed E-state index contributed by atoms with van der Waals surface area (Å²) in [7, 11) is 4.17. The molecule has 0 aliphatic carbocycles. The molecule has 0 bridgehead atoms. The molecule has 86 valence electrons. The second-order valence-electron chi connectivity index (χ2n) is 4.10. The largest absolute Gasteiger partial charge is 0.380 e. The van der Waals surface area contributed by atoms with Gasteiger partial charge in [0.2, 0.25) is 0 Å². The van der Waals surface area contributed by atoms with Gasteiger partial charge in [0, 0.05) is 25.7 Å². The van der Waals surface area contributed by atoms with Gasteiger partial charge in [-0.1, -0.05) is 13.8 Å². The van der Waals surface area contributed by atoms with Crippen molar-refractivity contribution in [1.29, 1.82) is 0 Å². The molecule has 0 radical (unpaired) electrons. The highest BCUT2D eigenvalue weighted by Crippen LogP contribution is 2.02. The standard InChI is InChI=1S/C11H26N2O/c1-6-14-8-7-13(5)9-11(12-4)10(2)3/h10-12H,6-9H2,1-5H3. The van der Waals surface area contributed by atoms with E-state index in [4.69, 9.17) is 4.74 Å². The van der Waals surface area contributed by atoms with Crippen molar-refractivity contribution in [3.05, 3.63) is 0 Å². The molecule has 3 nitrogen and oxygen atoms in total. The van der Waals surface area contributed by atoms with Gasteiger partial charge in [-0.15, -0.1) is 0 Å². The smallest absolute Gasteiger partial charge is 0.0593 e. The third-order valence-corrected chi connectivity index (χ3v) is 2.51. The summed E-state index contributed by atoms with van der Waals surface area (Å²) >= 11 is 0. The highest BCUT2D eigenvalue weighted by atomic mass is 16.5. The van der Waals surface area contributed by atoms with E-state index in [1.54, 1.807) is 0 Å². The molecule has 0 rings (SSSR count). The van der Waals surface area contributed by atoms with Crippen molar-refractivity contribution in [3.63, 3.8) is 0 Å². The maximum atomic E-state index is 5.32. The van der Waals surface area contributed by atoms with Crippen molar-refractivity contribution in [2.75, 3.05) is 40.4 Å². The van der Waals surface area contributed by atoms with Crippen LogP contribution in [-0.2, 0) is 4.74 Å². The number of hydrogen-bond acceptors (Lipinski definition) is 3. The zero-order chi connectivity index (χ0) is 11.0. The van der Waals surface area contributed by atoms with Crippen LogP contribution >= 0.6 is 0 Å². The Kier molecular flexibility index (Phi) is 8.14. The second kappa shape index (κ2) is 8.21. The van der Waals surface area contributed by atoms with E-state index in [1.807, 2.05) is 14.0 Å². The molecule has 0 saturated carbocycles. The van der Waals surface area contributed by atoms with Gasteiger partial charge in [0.15, 0.2) is 0 Å². The summed E-state index contributed by atoms with van der Waals surface area (Å²) in [5.74, 6) is 0.676. The lowest BCUT2D eigenvalue weighted by molar-refractivity contribution is 0.117. The van der Waals surface area contributed by atoms with Crippen LogP contribution < -0.4 is 5.32 Å². The quantitative estimate of drug-likeness (QED) is 0.599. The SMILES string of the molecule is CCOCCN(C)CC(NC)C(C)C. The van der Waals surface area contributed by atoms with Crippen molar-refractivity contribution in [2.45, 2.75) is 26.8 Å². The topological polar surface area (TPSA) is 24.5 Å². The van der Waals surface area contributed by atoms with Gasteiger partial charge in [0.25, 0.3) is 0 Å². The van der Waals surface area contributed by atoms with E-state index in [1.165, 1.54) is 0 Å². The summed E-state index contributed by atoms with van der Waals surface area (Å²) < 4.78 is 5.32. The number of hydrogen-bond donors (Lipinski definition) is 1. The maximum Gasteiger partial charge on any atom is 0.0593 e. The van der Waals surface area contributed by atoms with Crippen LogP contribution in [-0.4, -0.2) is 51.3 Å². The molecule has 1 N–H and O–H groups in total. The average Bonchev–Trinajstić information content (AvgIpc) is 2.14. The Morgan fingerprint density at radius 2 is 2.00 bits per heavy atom. The first-order valence-corrected chi connectivity index (χ1v) is 5.55. The zero-order valence-corrected chi connectivity index (χ0v) is 10.3. The van der Waals surface area contributed by atoms with Gasteiger partial charge in [-0.3, -0.25) is 0 Å². The molecule has 0 aliphatic heterocycles. The van der Waals surface area contributed by atoms with E-state index >= 15 is 0 Å². The normalized spacial score (nSPS) is 13.9. The molecule has 1 atom stereocenters. The molecule has 0 fully saturated rings. The molecule has 3 heteroatoms. The van der Waals surface area contributed by atoms with Crippen LogP contribution in [0.15, 0.2) is 0 Å². The monoisotopic (exact) mass is 202 g/mol. The lowest BCUT2D eigenvalue weighted by atomic mass is 10.0. The first-order valence-electron chi connectivity index (χ1n) is 5.55. The van der Waals surface area contributed by atoms with Gasteiger partial charge in [-0.05, 0) is 26.9 Å². The highest BCUT2D eigenvalue weighted by molar-refractivity contribution is 4.71. The molecule has 14 heavy (non-hydrogen) atoms. The molecule has 0 aromatic heterocycles. The first kappa shape index (κ1) is 13.9. The third kappa shape index (κ3) is 6.35. The van der Waals surface area contributed by atoms with Gasteiger partial charge in [0.05, 0.1) is 6.61 Å². The molecule has 0 saturated heterocycles. The van der Waals surface area contributed by atoms with E-state index in [-0.39, 0.29) is 0 Å². The molecule has 1 unspecified atom stereocenters. The van der Waals surface area contributed by atoms with Crippen LogP contribution in [0.2, 0.25) is 0 Å². The predicted molar refractivity (Wildman–Crippen MR) is 61.7 cm³/mol. The minimum atomic E-state index is 0.571. The maximum absolute atomic E-state index is 5.32. The number of nitrogens with one attached hydrogen (secondary N) is 1. The van der Waals surface area contributed by atoms with Gasteiger partial charge in [-0.25, -0.2) is 0 Å². The summed E-state index contributed by atoms with van der Waals surface area (Å²) in [6, 6.07) is 0.571. The summed E-state index contributed by atoms with van der Waals surface area (Å²) in [5.41, 5.74) is 0. The summed E-state index contributed by atoms with van der Waals surface area (Å²) in [4.78, 5) is 2.32. The minimum absolute atomic E-state index is 0.571. The highest BCUT2D eigenvalue weighted by Gasteiger charge is 2.12. The van der Waals surface area contributed by atoms with Crippen LogP contribution in [0.25, 0.3) is 0 Å². The fraction of sp³-hybridized carbons (Fsp3) is 1.00. The Labute approximate surface area is 88.8 Å². The van der Waals surface area contributed by atoms with Crippen LogP contribution in [0, 0.1) is 5.92 Å². The molecule has 0 aromatic carbocycles. The Morgan fingerprint density at radius 3 is 2.43 bits per heavy atom. The molecule has 0 heterocycles.